The van der Waals surface area contributed by atoms with Gasteiger partial charge in [0.15, 0.2) is 0 Å². The molecule has 0 saturated carbocycles. The van der Waals surface area contributed by atoms with Crippen LogP contribution in [-0.4, -0.2) is 11.6 Å². The molecule has 0 N–H and O–H groups in total. The van der Waals surface area contributed by atoms with Gasteiger partial charge in [-0.2, -0.15) is 5.26 Å². The summed E-state index contributed by atoms with van der Waals surface area (Å²) in [4.78, 5) is 15.2. The summed E-state index contributed by atoms with van der Waals surface area (Å²) in [5.74, 6) is -1.17. The van der Waals surface area contributed by atoms with Crippen molar-refractivity contribution >= 4 is 23.2 Å². The Morgan fingerprint density at radius 3 is 2.56 bits per heavy atom. The van der Waals surface area contributed by atoms with Gasteiger partial charge in [-0.1, -0.05) is 29.8 Å². The van der Waals surface area contributed by atoms with E-state index in [-0.39, 0.29) is 0 Å². The molecule has 0 unspecified atom stereocenters. The Morgan fingerprint density at radius 1 is 1.31 bits per heavy atom. The van der Waals surface area contributed by atoms with Crippen LogP contribution in [0.3, 0.4) is 0 Å². The van der Waals surface area contributed by atoms with E-state index >= 15 is 0 Å². The van der Waals surface area contributed by atoms with Crippen LogP contribution in [0.5, 0.6) is 0 Å². The topological polar surface area (TPSA) is 53.2 Å². The second-order valence-electron chi connectivity index (χ2n) is 3.31. The fraction of sp³-hybridized carbons (Fsp3) is 0.0833. The summed E-state index contributed by atoms with van der Waals surface area (Å²) in [5, 5.41) is 9.28. The Bertz CT molecular complexity index is 523. The minimum absolute atomic E-state index is 0.421. The lowest BCUT2D eigenvalue weighted by molar-refractivity contribution is -0.118. The van der Waals surface area contributed by atoms with Gasteiger partial charge in [0.2, 0.25) is 0 Å². The predicted octanol–water partition coefficient (Wildman–Crippen LogP) is 2.37. The van der Waals surface area contributed by atoms with Crippen LogP contribution in [-0.2, 0) is 4.79 Å². The zero-order chi connectivity index (χ0) is 11.5. The molecule has 78 valence electrons. The van der Waals surface area contributed by atoms with Gasteiger partial charge in [-0.25, -0.2) is 4.99 Å². The van der Waals surface area contributed by atoms with Crippen LogP contribution < -0.4 is 0 Å². The van der Waals surface area contributed by atoms with E-state index in [0.29, 0.717) is 10.7 Å². The third-order valence-electron chi connectivity index (χ3n) is 2.22. The minimum Gasteiger partial charge on any atom is -0.271 e. The quantitative estimate of drug-likeness (QED) is 0.744. The molecule has 1 aliphatic heterocycles. The number of carbonyl (C=O) groups is 1. The van der Waals surface area contributed by atoms with Crippen LogP contribution in [0.4, 0.5) is 0 Å². The molecule has 16 heavy (non-hydrogen) atoms. The standard InChI is InChI=1S/C12H7ClN2O/c13-10-4-1-8(2-5-10)11-6-3-9(7-14)12(16)15-11/h1-6,9H/t9-/m1/s1. The molecule has 0 aliphatic carbocycles. The maximum Gasteiger partial charge on any atom is 0.267 e. The van der Waals surface area contributed by atoms with Crippen molar-refractivity contribution in [2.24, 2.45) is 10.9 Å². The minimum atomic E-state index is -0.754. The molecule has 0 fully saturated rings. The highest BCUT2D eigenvalue weighted by Crippen LogP contribution is 2.15. The molecule has 1 heterocycles. The van der Waals surface area contributed by atoms with Crippen LogP contribution in [0.2, 0.25) is 5.02 Å². The van der Waals surface area contributed by atoms with E-state index in [2.05, 4.69) is 4.99 Å². The Hall–Kier alpha value is -1.92. The van der Waals surface area contributed by atoms with Crippen molar-refractivity contribution < 1.29 is 4.79 Å². The average molecular weight is 231 g/mol. The van der Waals surface area contributed by atoms with E-state index in [1.54, 1.807) is 36.4 Å². The van der Waals surface area contributed by atoms with Crippen molar-refractivity contribution in [3.63, 3.8) is 0 Å². The number of amides is 1. The summed E-state index contributed by atoms with van der Waals surface area (Å²) in [6, 6.07) is 8.90. The zero-order valence-corrected chi connectivity index (χ0v) is 8.98. The van der Waals surface area contributed by atoms with Crippen molar-refractivity contribution in [1.82, 2.24) is 0 Å². The first-order chi connectivity index (χ1) is 7.70. The van der Waals surface area contributed by atoms with Crippen LogP contribution in [0, 0.1) is 17.2 Å². The SMILES string of the molecule is N#C[C@H]1C=CC(c2ccc(Cl)cc2)=NC1=O. The van der Waals surface area contributed by atoms with E-state index < -0.39 is 11.8 Å². The Balaban J connectivity index is 2.32. The molecule has 4 heteroatoms. The maximum atomic E-state index is 11.4. The van der Waals surface area contributed by atoms with Gasteiger partial charge in [-0.15, -0.1) is 0 Å². The molecule has 1 aromatic rings. The first-order valence-electron chi connectivity index (χ1n) is 4.67. The molecule has 1 atom stereocenters. The van der Waals surface area contributed by atoms with Crippen LogP contribution >= 0.6 is 11.6 Å². The fourth-order valence-electron chi connectivity index (χ4n) is 1.37. The van der Waals surface area contributed by atoms with Gasteiger partial charge in [0.25, 0.3) is 5.91 Å². The van der Waals surface area contributed by atoms with Gasteiger partial charge in [0.05, 0.1) is 11.8 Å². The smallest absolute Gasteiger partial charge is 0.267 e. The summed E-state index contributed by atoms with van der Waals surface area (Å²) < 4.78 is 0. The van der Waals surface area contributed by atoms with Gasteiger partial charge in [-0.3, -0.25) is 4.79 Å². The molecule has 0 aromatic heterocycles. The van der Waals surface area contributed by atoms with Crippen LogP contribution in [0.25, 0.3) is 0 Å². The number of rotatable bonds is 1. The largest absolute Gasteiger partial charge is 0.271 e. The number of carbonyl (C=O) groups excluding carboxylic acids is 1. The van der Waals surface area contributed by atoms with E-state index in [9.17, 15) is 4.79 Å². The van der Waals surface area contributed by atoms with Gasteiger partial charge in [0.1, 0.15) is 5.92 Å². The molecule has 0 radical (unpaired) electrons. The zero-order valence-electron chi connectivity index (χ0n) is 8.22. The molecule has 3 nitrogen and oxygen atoms in total. The van der Waals surface area contributed by atoms with Crippen molar-refractivity contribution in [3.05, 3.63) is 47.0 Å². The Labute approximate surface area is 97.7 Å². The highest BCUT2D eigenvalue weighted by Gasteiger charge is 2.18. The lowest BCUT2D eigenvalue weighted by atomic mass is 10.0. The molecule has 1 aliphatic rings. The number of benzene rings is 1. The number of nitriles is 1. The van der Waals surface area contributed by atoms with Crippen molar-refractivity contribution in [1.29, 1.82) is 5.26 Å². The number of allylic oxidation sites excluding steroid dienone is 1. The first kappa shape index (κ1) is 10.6. The predicted molar refractivity (Wildman–Crippen MR) is 61.2 cm³/mol. The number of dihydropyridines is 1. The van der Waals surface area contributed by atoms with Gasteiger partial charge in [-0.05, 0) is 18.2 Å². The summed E-state index contributed by atoms with van der Waals surface area (Å²) in [6.07, 6.45) is 3.23. The van der Waals surface area contributed by atoms with Crippen LogP contribution in [0.1, 0.15) is 5.56 Å². The first-order valence-corrected chi connectivity index (χ1v) is 5.05. The molecule has 0 saturated heterocycles. The number of halogens is 1. The molecular formula is C12H7ClN2O. The van der Waals surface area contributed by atoms with E-state index in [1.807, 2.05) is 6.07 Å². The normalized spacial score (nSPS) is 19.1. The molecule has 0 bridgehead atoms. The average Bonchev–Trinajstić information content (AvgIpc) is 2.30. The van der Waals surface area contributed by atoms with E-state index in [1.165, 1.54) is 0 Å². The van der Waals surface area contributed by atoms with Gasteiger partial charge in [0, 0.05) is 10.6 Å². The maximum absolute atomic E-state index is 11.4. The number of aliphatic imine (C=N–C) groups is 1. The number of hydrogen-bond donors (Lipinski definition) is 0. The molecule has 1 aromatic carbocycles. The lowest BCUT2D eigenvalue weighted by Crippen LogP contribution is -2.15. The molecule has 2 rings (SSSR count). The molecule has 1 amide bonds. The lowest BCUT2D eigenvalue weighted by Gasteiger charge is -2.08. The summed E-state index contributed by atoms with van der Waals surface area (Å²) in [5.41, 5.74) is 1.37. The van der Waals surface area contributed by atoms with Crippen molar-refractivity contribution in [2.75, 3.05) is 0 Å². The Morgan fingerprint density at radius 2 is 2.00 bits per heavy atom. The van der Waals surface area contributed by atoms with Gasteiger partial charge < -0.3 is 0 Å². The third-order valence-corrected chi connectivity index (χ3v) is 2.47. The molecular weight excluding hydrogens is 224 g/mol. The summed E-state index contributed by atoms with van der Waals surface area (Å²) in [6.45, 7) is 0. The van der Waals surface area contributed by atoms with Crippen molar-refractivity contribution in [2.45, 2.75) is 0 Å². The summed E-state index contributed by atoms with van der Waals surface area (Å²) >= 11 is 5.76. The Kier molecular flexibility index (Phi) is 2.84. The van der Waals surface area contributed by atoms with E-state index in [0.717, 1.165) is 5.56 Å². The number of hydrogen-bond acceptors (Lipinski definition) is 2. The van der Waals surface area contributed by atoms with Gasteiger partial charge >= 0.3 is 0 Å². The van der Waals surface area contributed by atoms with E-state index in [4.69, 9.17) is 16.9 Å². The highest BCUT2D eigenvalue weighted by molar-refractivity contribution is 6.30. The molecule has 0 spiro atoms. The van der Waals surface area contributed by atoms with Crippen molar-refractivity contribution in [3.8, 4) is 6.07 Å². The number of nitrogens with zero attached hydrogens (tertiary/aromatic N) is 2. The highest BCUT2D eigenvalue weighted by atomic mass is 35.5. The second-order valence-corrected chi connectivity index (χ2v) is 3.74. The summed E-state index contributed by atoms with van der Waals surface area (Å²) in [7, 11) is 0. The third kappa shape index (κ3) is 2.02. The fourth-order valence-corrected chi connectivity index (χ4v) is 1.50. The monoisotopic (exact) mass is 230 g/mol. The van der Waals surface area contributed by atoms with Crippen LogP contribution in [0.15, 0.2) is 41.4 Å². The second kappa shape index (κ2) is 4.30.